The Balaban J connectivity index is 2.07. The molecule has 0 bridgehead atoms. The van der Waals surface area contributed by atoms with Crippen LogP contribution in [0.4, 0.5) is 5.69 Å². The van der Waals surface area contributed by atoms with Crippen LogP contribution >= 0.6 is 11.6 Å². The Morgan fingerprint density at radius 3 is 2.58 bits per heavy atom. The molecule has 2 aromatic carbocycles. The largest absolute Gasteiger partial charge is 0.497 e. The number of methoxy groups -OCH3 is 2. The Morgan fingerprint density at radius 2 is 1.92 bits per heavy atom. The number of carbonyl (C=O) groups is 1. The molecule has 0 spiro atoms. The number of ether oxygens (including phenoxy) is 2. The van der Waals surface area contributed by atoms with Crippen molar-refractivity contribution in [2.75, 3.05) is 32.6 Å². The van der Waals surface area contributed by atoms with Gasteiger partial charge in [-0.1, -0.05) is 24.6 Å². The van der Waals surface area contributed by atoms with Gasteiger partial charge in [0, 0.05) is 22.8 Å². The Hall–Kier alpha value is -2.24. The molecule has 0 heterocycles. The number of likely N-dealkylation sites (N-methyl/N-ethyl adjacent to an activating group) is 1. The molecule has 0 aliphatic carbocycles. The Morgan fingerprint density at radius 1 is 1.15 bits per heavy atom. The molecule has 0 aliphatic rings. The second-order valence-electron chi connectivity index (χ2n) is 5.99. The normalized spacial score (nSPS) is 10.7. The SMILES string of the molecule is CCN(CC(=O)Nc1cc(Cl)ccc1C)Cc1cc(OC)ccc1OC. The molecule has 1 amide bonds. The van der Waals surface area contributed by atoms with Crippen LogP contribution in [-0.4, -0.2) is 38.1 Å². The van der Waals surface area contributed by atoms with Crippen molar-refractivity contribution in [3.8, 4) is 11.5 Å². The van der Waals surface area contributed by atoms with Crippen molar-refractivity contribution < 1.29 is 14.3 Å². The van der Waals surface area contributed by atoms with Gasteiger partial charge in [0.15, 0.2) is 0 Å². The molecular weight excluding hydrogens is 352 g/mol. The maximum absolute atomic E-state index is 12.5. The summed E-state index contributed by atoms with van der Waals surface area (Å²) in [7, 11) is 3.26. The van der Waals surface area contributed by atoms with E-state index in [4.69, 9.17) is 21.1 Å². The number of hydrogen-bond acceptors (Lipinski definition) is 4. The van der Waals surface area contributed by atoms with Crippen molar-refractivity contribution in [3.63, 3.8) is 0 Å². The van der Waals surface area contributed by atoms with Crippen LogP contribution in [0.25, 0.3) is 0 Å². The molecule has 0 atom stereocenters. The summed E-state index contributed by atoms with van der Waals surface area (Å²) < 4.78 is 10.7. The fourth-order valence-corrected chi connectivity index (χ4v) is 2.82. The lowest BCUT2D eigenvalue weighted by Gasteiger charge is -2.22. The van der Waals surface area contributed by atoms with Crippen LogP contribution in [0.5, 0.6) is 11.5 Å². The molecule has 1 N–H and O–H groups in total. The van der Waals surface area contributed by atoms with Crippen LogP contribution in [-0.2, 0) is 11.3 Å². The van der Waals surface area contributed by atoms with Crippen LogP contribution in [0, 0.1) is 6.92 Å². The lowest BCUT2D eigenvalue weighted by molar-refractivity contribution is -0.117. The first-order chi connectivity index (χ1) is 12.5. The summed E-state index contributed by atoms with van der Waals surface area (Å²) in [5.74, 6) is 1.45. The van der Waals surface area contributed by atoms with Gasteiger partial charge in [0.2, 0.25) is 5.91 Å². The van der Waals surface area contributed by atoms with E-state index in [-0.39, 0.29) is 12.5 Å². The molecule has 0 aliphatic heterocycles. The highest BCUT2D eigenvalue weighted by molar-refractivity contribution is 6.31. The first kappa shape index (κ1) is 20.1. The van der Waals surface area contributed by atoms with Crippen LogP contribution in [0.3, 0.4) is 0 Å². The number of aryl methyl sites for hydroxylation is 1. The van der Waals surface area contributed by atoms with Crippen molar-refractivity contribution in [1.29, 1.82) is 0 Å². The maximum Gasteiger partial charge on any atom is 0.238 e. The van der Waals surface area contributed by atoms with Crippen molar-refractivity contribution in [2.45, 2.75) is 20.4 Å². The second-order valence-corrected chi connectivity index (χ2v) is 6.42. The Kier molecular flexibility index (Phi) is 7.30. The number of hydrogen-bond donors (Lipinski definition) is 1. The van der Waals surface area contributed by atoms with Crippen molar-refractivity contribution in [1.82, 2.24) is 4.90 Å². The molecule has 26 heavy (non-hydrogen) atoms. The van der Waals surface area contributed by atoms with E-state index in [2.05, 4.69) is 5.32 Å². The molecule has 0 radical (unpaired) electrons. The van der Waals surface area contributed by atoms with Crippen LogP contribution in [0.2, 0.25) is 5.02 Å². The Bertz CT molecular complexity index is 765. The standard InChI is InChI=1S/C20H25ClN2O3/c1-5-23(12-15-10-17(25-3)8-9-19(15)26-4)13-20(24)22-18-11-16(21)7-6-14(18)2/h6-11H,5,12-13H2,1-4H3,(H,22,24). The summed E-state index contributed by atoms with van der Waals surface area (Å²) in [5, 5.41) is 3.53. The third-order valence-corrected chi connectivity index (χ3v) is 4.40. The third kappa shape index (κ3) is 5.38. The van der Waals surface area contributed by atoms with Gasteiger partial charge in [0.25, 0.3) is 0 Å². The first-order valence-electron chi connectivity index (χ1n) is 8.46. The monoisotopic (exact) mass is 376 g/mol. The van der Waals surface area contributed by atoms with E-state index in [1.54, 1.807) is 26.4 Å². The van der Waals surface area contributed by atoms with Gasteiger partial charge >= 0.3 is 0 Å². The van der Waals surface area contributed by atoms with E-state index in [0.29, 0.717) is 11.6 Å². The summed E-state index contributed by atoms with van der Waals surface area (Å²) in [6.45, 7) is 5.53. The van der Waals surface area contributed by atoms with Gasteiger partial charge in [-0.05, 0) is 49.4 Å². The van der Waals surface area contributed by atoms with E-state index in [1.165, 1.54) is 0 Å². The fraction of sp³-hybridized carbons (Fsp3) is 0.350. The minimum Gasteiger partial charge on any atom is -0.497 e. The van der Waals surface area contributed by atoms with Crippen LogP contribution in [0.1, 0.15) is 18.1 Å². The number of nitrogens with zero attached hydrogens (tertiary/aromatic N) is 1. The summed E-state index contributed by atoms with van der Waals surface area (Å²) in [4.78, 5) is 14.5. The molecule has 2 aromatic rings. The number of benzene rings is 2. The molecule has 5 nitrogen and oxygen atoms in total. The van der Waals surface area contributed by atoms with Crippen molar-refractivity contribution in [3.05, 3.63) is 52.5 Å². The molecule has 0 unspecified atom stereocenters. The smallest absolute Gasteiger partial charge is 0.238 e. The molecule has 2 rings (SSSR count). The van der Waals surface area contributed by atoms with Gasteiger partial charge < -0.3 is 14.8 Å². The quantitative estimate of drug-likeness (QED) is 0.752. The summed E-state index contributed by atoms with van der Waals surface area (Å²) in [6, 6.07) is 11.1. The lowest BCUT2D eigenvalue weighted by atomic mass is 10.1. The molecule has 140 valence electrons. The van der Waals surface area contributed by atoms with Crippen LogP contribution < -0.4 is 14.8 Å². The van der Waals surface area contributed by atoms with Crippen LogP contribution in [0.15, 0.2) is 36.4 Å². The second kappa shape index (κ2) is 9.46. The van der Waals surface area contributed by atoms with E-state index in [9.17, 15) is 4.79 Å². The highest BCUT2D eigenvalue weighted by atomic mass is 35.5. The molecule has 0 fully saturated rings. The van der Waals surface area contributed by atoms with Gasteiger partial charge in [-0.3, -0.25) is 9.69 Å². The number of carbonyl (C=O) groups excluding carboxylic acids is 1. The molecule has 0 saturated carbocycles. The van der Waals surface area contributed by atoms with Gasteiger partial charge in [0.05, 0.1) is 20.8 Å². The van der Waals surface area contributed by atoms with Crippen molar-refractivity contribution in [2.24, 2.45) is 0 Å². The number of nitrogens with one attached hydrogen (secondary N) is 1. The Labute approximate surface area is 159 Å². The fourth-order valence-electron chi connectivity index (χ4n) is 2.65. The van der Waals surface area contributed by atoms with E-state index in [0.717, 1.165) is 34.9 Å². The van der Waals surface area contributed by atoms with Crippen molar-refractivity contribution >= 4 is 23.2 Å². The summed E-state index contributed by atoms with van der Waals surface area (Å²) in [6.07, 6.45) is 0. The molecule has 6 heteroatoms. The molecular formula is C20H25ClN2O3. The zero-order chi connectivity index (χ0) is 19.1. The molecule has 0 aromatic heterocycles. The number of anilines is 1. The van der Waals surface area contributed by atoms with E-state index in [1.807, 2.05) is 43.0 Å². The predicted molar refractivity (Wildman–Crippen MR) is 105 cm³/mol. The van der Waals surface area contributed by atoms with Gasteiger partial charge in [-0.2, -0.15) is 0 Å². The highest BCUT2D eigenvalue weighted by Crippen LogP contribution is 2.25. The predicted octanol–water partition coefficient (Wildman–Crippen LogP) is 4.13. The van der Waals surface area contributed by atoms with Gasteiger partial charge in [-0.15, -0.1) is 0 Å². The maximum atomic E-state index is 12.5. The first-order valence-corrected chi connectivity index (χ1v) is 8.83. The minimum absolute atomic E-state index is 0.0842. The zero-order valence-electron chi connectivity index (χ0n) is 15.6. The topological polar surface area (TPSA) is 50.8 Å². The van der Waals surface area contributed by atoms with Gasteiger partial charge in [-0.25, -0.2) is 0 Å². The number of amides is 1. The average Bonchev–Trinajstić information content (AvgIpc) is 2.64. The summed E-state index contributed by atoms with van der Waals surface area (Å²) >= 11 is 6.02. The minimum atomic E-state index is -0.0842. The zero-order valence-corrected chi connectivity index (χ0v) is 16.4. The van der Waals surface area contributed by atoms with E-state index >= 15 is 0 Å². The third-order valence-electron chi connectivity index (χ3n) is 4.17. The number of rotatable bonds is 8. The highest BCUT2D eigenvalue weighted by Gasteiger charge is 2.14. The van der Waals surface area contributed by atoms with E-state index < -0.39 is 0 Å². The molecule has 0 saturated heterocycles. The average molecular weight is 377 g/mol. The van der Waals surface area contributed by atoms with Gasteiger partial charge in [0.1, 0.15) is 11.5 Å². The summed E-state index contributed by atoms with van der Waals surface area (Å²) in [5.41, 5.74) is 2.68. The lowest BCUT2D eigenvalue weighted by Crippen LogP contribution is -2.33. The number of halogens is 1.